The van der Waals surface area contributed by atoms with E-state index in [0.717, 1.165) is 22.6 Å². The van der Waals surface area contributed by atoms with Crippen LogP contribution in [0.25, 0.3) is 0 Å². The van der Waals surface area contributed by atoms with Gasteiger partial charge in [-0.3, -0.25) is 4.79 Å². The SMILES string of the molecule is Cc1ccc(OCCN(C)C(=O)CNS(=O)(=O)c2cccs2)cc1. The van der Waals surface area contributed by atoms with Crippen LogP contribution in [-0.4, -0.2) is 46.0 Å². The molecule has 0 saturated carbocycles. The van der Waals surface area contributed by atoms with E-state index in [1.54, 1.807) is 18.5 Å². The van der Waals surface area contributed by atoms with Crippen LogP contribution in [0.3, 0.4) is 0 Å². The molecule has 1 aromatic heterocycles. The first-order valence-electron chi connectivity index (χ1n) is 7.35. The first kappa shape index (κ1) is 18.4. The van der Waals surface area contributed by atoms with E-state index in [1.165, 1.54) is 11.0 Å². The van der Waals surface area contributed by atoms with Gasteiger partial charge in [0.1, 0.15) is 16.6 Å². The van der Waals surface area contributed by atoms with Crippen molar-refractivity contribution in [2.45, 2.75) is 11.1 Å². The molecule has 0 aliphatic carbocycles. The Labute approximate surface area is 146 Å². The summed E-state index contributed by atoms with van der Waals surface area (Å²) in [6.45, 7) is 2.42. The van der Waals surface area contributed by atoms with Crippen LogP contribution in [-0.2, 0) is 14.8 Å². The molecule has 2 aromatic rings. The lowest BCUT2D eigenvalue weighted by molar-refractivity contribution is -0.128. The monoisotopic (exact) mass is 368 g/mol. The minimum Gasteiger partial charge on any atom is -0.492 e. The molecule has 0 unspecified atom stereocenters. The molecule has 8 heteroatoms. The predicted molar refractivity (Wildman–Crippen MR) is 93.8 cm³/mol. The average Bonchev–Trinajstić information content (AvgIpc) is 3.10. The minimum atomic E-state index is -3.62. The van der Waals surface area contributed by atoms with Crippen LogP contribution in [0.2, 0.25) is 0 Å². The van der Waals surface area contributed by atoms with Crippen molar-refractivity contribution in [2.75, 3.05) is 26.7 Å². The zero-order chi connectivity index (χ0) is 17.6. The molecule has 130 valence electrons. The maximum atomic E-state index is 12.0. The molecule has 0 aliphatic heterocycles. The van der Waals surface area contributed by atoms with Crippen LogP contribution in [0.15, 0.2) is 46.0 Å². The summed E-state index contributed by atoms with van der Waals surface area (Å²) in [5, 5.41) is 1.67. The normalized spacial score (nSPS) is 11.2. The second kappa shape index (κ2) is 8.27. The molecule has 1 N–H and O–H groups in total. The first-order chi connectivity index (χ1) is 11.4. The smallest absolute Gasteiger partial charge is 0.250 e. The van der Waals surface area contributed by atoms with Crippen molar-refractivity contribution < 1.29 is 17.9 Å². The first-order valence-corrected chi connectivity index (χ1v) is 9.71. The van der Waals surface area contributed by atoms with Crippen LogP contribution in [0, 0.1) is 6.92 Å². The quantitative estimate of drug-likeness (QED) is 0.772. The summed E-state index contributed by atoms with van der Waals surface area (Å²) in [6.07, 6.45) is 0. The summed E-state index contributed by atoms with van der Waals surface area (Å²) in [5.74, 6) is 0.419. The van der Waals surface area contributed by atoms with Gasteiger partial charge in [0.05, 0.1) is 13.1 Å². The summed E-state index contributed by atoms with van der Waals surface area (Å²) in [7, 11) is -2.01. The van der Waals surface area contributed by atoms with Crippen LogP contribution in [0.4, 0.5) is 0 Å². The number of ether oxygens (including phenoxy) is 1. The highest BCUT2D eigenvalue weighted by Gasteiger charge is 2.17. The predicted octanol–water partition coefficient (Wildman–Crippen LogP) is 1.87. The molecular formula is C16H20N2O4S2. The summed E-state index contributed by atoms with van der Waals surface area (Å²) >= 11 is 1.11. The summed E-state index contributed by atoms with van der Waals surface area (Å²) in [5.41, 5.74) is 1.15. The Kier molecular flexibility index (Phi) is 6.36. The van der Waals surface area contributed by atoms with Crippen molar-refractivity contribution in [3.63, 3.8) is 0 Å². The fraction of sp³-hybridized carbons (Fsp3) is 0.312. The Hall–Kier alpha value is -1.90. The molecule has 1 heterocycles. The van der Waals surface area contributed by atoms with Gasteiger partial charge in [-0.25, -0.2) is 13.1 Å². The molecule has 0 aliphatic rings. The third-order valence-electron chi connectivity index (χ3n) is 3.32. The van der Waals surface area contributed by atoms with Gasteiger partial charge in [0.15, 0.2) is 0 Å². The number of sulfonamides is 1. The summed E-state index contributed by atoms with van der Waals surface area (Å²) in [6, 6.07) is 10.8. The van der Waals surface area contributed by atoms with Gasteiger partial charge in [-0.2, -0.15) is 0 Å². The fourth-order valence-electron chi connectivity index (χ4n) is 1.84. The van der Waals surface area contributed by atoms with Gasteiger partial charge in [0.2, 0.25) is 5.91 Å². The zero-order valence-corrected chi connectivity index (χ0v) is 15.2. The second-order valence-electron chi connectivity index (χ2n) is 5.23. The Balaban J connectivity index is 1.75. The van der Waals surface area contributed by atoms with Gasteiger partial charge >= 0.3 is 0 Å². The van der Waals surface area contributed by atoms with Gasteiger partial charge in [0, 0.05) is 7.05 Å². The van der Waals surface area contributed by atoms with Crippen molar-refractivity contribution in [2.24, 2.45) is 0 Å². The van der Waals surface area contributed by atoms with E-state index >= 15 is 0 Å². The van der Waals surface area contributed by atoms with E-state index in [2.05, 4.69) is 4.72 Å². The topological polar surface area (TPSA) is 75.7 Å². The third-order valence-corrected chi connectivity index (χ3v) is 6.11. The van der Waals surface area contributed by atoms with E-state index in [9.17, 15) is 13.2 Å². The molecule has 6 nitrogen and oxygen atoms in total. The number of benzene rings is 1. The molecule has 24 heavy (non-hydrogen) atoms. The number of nitrogens with one attached hydrogen (secondary N) is 1. The van der Waals surface area contributed by atoms with Crippen LogP contribution in [0.1, 0.15) is 5.56 Å². The Morgan fingerprint density at radius 1 is 1.25 bits per heavy atom. The number of rotatable bonds is 8. The fourth-order valence-corrected chi connectivity index (χ4v) is 3.85. The van der Waals surface area contributed by atoms with Crippen molar-refractivity contribution in [3.8, 4) is 5.75 Å². The van der Waals surface area contributed by atoms with Crippen LogP contribution >= 0.6 is 11.3 Å². The van der Waals surface area contributed by atoms with E-state index in [1.807, 2.05) is 31.2 Å². The van der Waals surface area contributed by atoms with Gasteiger partial charge in [-0.15, -0.1) is 11.3 Å². The standard InChI is InChI=1S/C16H20N2O4S2/c1-13-5-7-14(8-6-13)22-10-9-18(2)15(19)12-17-24(20,21)16-4-3-11-23-16/h3-8,11,17H,9-10,12H2,1-2H3. The number of amides is 1. The number of aryl methyl sites for hydroxylation is 1. The number of nitrogens with zero attached hydrogens (tertiary/aromatic N) is 1. The number of hydrogen-bond acceptors (Lipinski definition) is 5. The lowest BCUT2D eigenvalue weighted by Crippen LogP contribution is -2.39. The second-order valence-corrected chi connectivity index (χ2v) is 8.17. The molecule has 0 saturated heterocycles. The Bertz CT molecular complexity index is 756. The molecule has 1 amide bonds. The Morgan fingerprint density at radius 3 is 2.58 bits per heavy atom. The van der Waals surface area contributed by atoms with E-state index in [4.69, 9.17) is 4.74 Å². The molecule has 0 fully saturated rings. The average molecular weight is 368 g/mol. The highest BCUT2D eigenvalue weighted by molar-refractivity contribution is 7.91. The van der Waals surface area contributed by atoms with E-state index in [0.29, 0.717) is 13.2 Å². The van der Waals surface area contributed by atoms with E-state index in [-0.39, 0.29) is 16.7 Å². The highest BCUT2D eigenvalue weighted by atomic mass is 32.2. The zero-order valence-electron chi connectivity index (χ0n) is 13.6. The van der Waals surface area contributed by atoms with Crippen molar-refractivity contribution >= 4 is 27.3 Å². The molecular weight excluding hydrogens is 348 g/mol. The lowest BCUT2D eigenvalue weighted by atomic mass is 10.2. The molecule has 0 bridgehead atoms. The lowest BCUT2D eigenvalue weighted by Gasteiger charge is -2.17. The maximum absolute atomic E-state index is 12.0. The highest BCUT2D eigenvalue weighted by Crippen LogP contribution is 2.15. The molecule has 1 aromatic carbocycles. The molecule has 2 rings (SSSR count). The van der Waals surface area contributed by atoms with Crippen molar-refractivity contribution in [3.05, 3.63) is 47.3 Å². The summed E-state index contributed by atoms with van der Waals surface area (Å²) in [4.78, 5) is 13.4. The van der Waals surface area contributed by atoms with Crippen molar-refractivity contribution in [1.29, 1.82) is 0 Å². The number of likely N-dealkylation sites (N-methyl/N-ethyl adjacent to an activating group) is 1. The number of carbonyl (C=O) groups excluding carboxylic acids is 1. The minimum absolute atomic E-state index is 0.195. The van der Waals surface area contributed by atoms with E-state index < -0.39 is 10.0 Å². The van der Waals surface area contributed by atoms with Gasteiger partial charge in [-0.05, 0) is 30.5 Å². The van der Waals surface area contributed by atoms with Gasteiger partial charge in [-0.1, -0.05) is 23.8 Å². The third kappa shape index (κ3) is 5.33. The molecule has 0 radical (unpaired) electrons. The van der Waals surface area contributed by atoms with Crippen LogP contribution in [0.5, 0.6) is 5.75 Å². The molecule has 0 atom stereocenters. The maximum Gasteiger partial charge on any atom is 0.250 e. The summed E-state index contributed by atoms with van der Waals surface area (Å²) < 4.78 is 32.0. The molecule has 0 spiro atoms. The van der Waals surface area contributed by atoms with Gasteiger partial charge < -0.3 is 9.64 Å². The van der Waals surface area contributed by atoms with Crippen molar-refractivity contribution in [1.82, 2.24) is 9.62 Å². The largest absolute Gasteiger partial charge is 0.492 e. The Morgan fingerprint density at radius 2 is 1.96 bits per heavy atom. The number of carbonyl (C=O) groups is 1. The van der Waals surface area contributed by atoms with Gasteiger partial charge in [0.25, 0.3) is 10.0 Å². The number of hydrogen-bond donors (Lipinski definition) is 1. The number of thiophene rings is 1. The van der Waals surface area contributed by atoms with Crippen LogP contribution < -0.4 is 9.46 Å².